The summed E-state index contributed by atoms with van der Waals surface area (Å²) in [4.78, 5) is 27.5. The van der Waals surface area contributed by atoms with E-state index in [-0.39, 0.29) is 5.15 Å². The van der Waals surface area contributed by atoms with Gasteiger partial charge in [-0.2, -0.15) is 0 Å². The van der Waals surface area contributed by atoms with Crippen LogP contribution in [-0.4, -0.2) is 30.1 Å². The van der Waals surface area contributed by atoms with Crippen LogP contribution in [0.3, 0.4) is 0 Å². The molecule has 2 aromatic rings. The summed E-state index contributed by atoms with van der Waals surface area (Å²) in [5, 5.41) is 2.69. The van der Waals surface area contributed by atoms with Crippen molar-refractivity contribution in [2.24, 2.45) is 0 Å². The number of halogens is 1. The summed E-state index contributed by atoms with van der Waals surface area (Å²) in [6.07, 6.45) is 2.41. The van der Waals surface area contributed by atoms with Gasteiger partial charge in [-0.3, -0.25) is 4.79 Å². The molecule has 0 aliphatic rings. The van der Waals surface area contributed by atoms with Crippen molar-refractivity contribution >= 4 is 29.2 Å². The molecule has 1 amide bonds. The van der Waals surface area contributed by atoms with E-state index in [1.54, 1.807) is 36.4 Å². The molecule has 0 spiro atoms. The zero-order valence-corrected chi connectivity index (χ0v) is 13.9. The van der Waals surface area contributed by atoms with Crippen molar-refractivity contribution in [2.45, 2.75) is 13.3 Å². The number of benzene rings is 1. The van der Waals surface area contributed by atoms with Crippen LogP contribution >= 0.6 is 11.6 Å². The van der Waals surface area contributed by atoms with Gasteiger partial charge in [0, 0.05) is 6.20 Å². The summed E-state index contributed by atoms with van der Waals surface area (Å²) in [6.45, 7) is 2.20. The Morgan fingerprint density at radius 2 is 1.96 bits per heavy atom. The zero-order valence-electron chi connectivity index (χ0n) is 13.1. The monoisotopic (exact) mass is 348 g/mol. The lowest BCUT2D eigenvalue weighted by molar-refractivity contribution is -0.119. The largest absolute Gasteiger partial charge is 0.494 e. The highest BCUT2D eigenvalue weighted by atomic mass is 35.5. The highest BCUT2D eigenvalue weighted by molar-refractivity contribution is 6.32. The van der Waals surface area contributed by atoms with Crippen molar-refractivity contribution in [3.8, 4) is 5.75 Å². The van der Waals surface area contributed by atoms with E-state index in [2.05, 4.69) is 10.3 Å². The lowest BCUT2D eigenvalue weighted by Gasteiger charge is -2.08. The molecule has 0 aliphatic carbocycles. The van der Waals surface area contributed by atoms with E-state index in [1.807, 2.05) is 6.92 Å². The van der Waals surface area contributed by atoms with Gasteiger partial charge in [-0.25, -0.2) is 9.78 Å². The van der Waals surface area contributed by atoms with Gasteiger partial charge in [0.1, 0.15) is 5.75 Å². The Labute approximate surface area is 144 Å². The topological polar surface area (TPSA) is 77.5 Å². The average molecular weight is 349 g/mol. The van der Waals surface area contributed by atoms with E-state index >= 15 is 0 Å². The number of carbonyl (C=O) groups excluding carboxylic acids is 2. The number of esters is 1. The lowest BCUT2D eigenvalue weighted by atomic mass is 10.2. The van der Waals surface area contributed by atoms with Gasteiger partial charge in [0.05, 0.1) is 17.9 Å². The van der Waals surface area contributed by atoms with Crippen LogP contribution in [0.25, 0.3) is 0 Å². The standard InChI is InChI=1S/C17H17ClN2O4/c1-2-10-23-13-7-5-12(6-8-13)17(22)24-11-15(21)20-14-4-3-9-19-16(14)18/h3-9H,2,10-11H2,1H3,(H,20,21). The second kappa shape index (κ2) is 8.88. The van der Waals surface area contributed by atoms with Crippen LogP contribution in [0.2, 0.25) is 5.15 Å². The Morgan fingerprint density at radius 1 is 1.21 bits per heavy atom. The molecule has 24 heavy (non-hydrogen) atoms. The van der Waals surface area contributed by atoms with Gasteiger partial charge in [0.2, 0.25) is 0 Å². The maximum atomic E-state index is 11.9. The first-order valence-corrected chi connectivity index (χ1v) is 7.78. The number of hydrogen-bond acceptors (Lipinski definition) is 5. The fourth-order valence-corrected chi connectivity index (χ4v) is 1.95. The van der Waals surface area contributed by atoms with Crippen LogP contribution in [0.4, 0.5) is 5.69 Å². The average Bonchev–Trinajstić information content (AvgIpc) is 2.60. The summed E-state index contributed by atoms with van der Waals surface area (Å²) < 4.78 is 10.4. The summed E-state index contributed by atoms with van der Waals surface area (Å²) in [5.41, 5.74) is 0.698. The molecule has 6 nitrogen and oxygen atoms in total. The van der Waals surface area contributed by atoms with Gasteiger partial charge in [-0.15, -0.1) is 0 Å². The van der Waals surface area contributed by atoms with E-state index in [4.69, 9.17) is 21.1 Å². The first kappa shape index (κ1) is 17.7. The van der Waals surface area contributed by atoms with Crippen molar-refractivity contribution < 1.29 is 19.1 Å². The Hall–Kier alpha value is -2.60. The minimum absolute atomic E-state index is 0.167. The maximum absolute atomic E-state index is 11.9. The molecule has 0 saturated carbocycles. The summed E-state index contributed by atoms with van der Waals surface area (Å²) in [5.74, 6) is -0.414. The zero-order chi connectivity index (χ0) is 17.4. The summed E-state index contributed by atoms with van der Waals surface area (Å²) in [7, 11) is 0. The number of nitrogens with one attached hydrogen (secondary N) is 1. The predicted molar refractivity (Wildman–Crippen MR) is 90.4 cm³/mol. The van der Waals surface area contributed by atoms with Crippen LogP contribution in [0.5, 0.6) is 5.75 Å². The molecule has 7 heteroatoms. The molecular weight excluding hydrogens is 332 g/mol. The fraction of sp³-hybridized carbons (Fsp3) is 0.235. The second-order valence-corrected chi connectivity index (χ2v) is 5.20. The van der Waals surface area contributed by atoms with Gasteiger partial charge in [-0.05, 0) is 42.8 Å². The molecule has 0 unspecified atom stereocenters. The number of rotatable bonds is 7. The van der Waals surface area contributed by atoms with Crippen LogP contribution in [0.1, 0.15) is 23.7 Å². The van der Waals surface area contributed by atoms with E-state index < -0.39 is 18.5 Å². The normalized spacial score (nSPS) is 10.1. The quantitative estimate of drug-likeness (QED) is 0.613. The fourth-order valence-electron chi connectivity index (χ4n) is 1.79. The SMILES string of the molecule is CCCOc1ccc(C(=O)OCC(=O)Nc2cccnc2Cl)cc1. The number of carbonyl (C=O) groups is 2. The van der Waals surface area contributed by atoms with E-state index in [1.165, 1.54) is 6.20 Å². The molecule has 1 aromatic carbocycles. The molecule has 0 radical (unpaired) electrons. The Bertz CT molecular complexity index is 704. The van der Waals surface area contributed by atoms with Crippen molar-refractivity contribution in [1.82, 2.24) is 4.98 Å². The third kappa shape index (κ3) is 5.24. The third-order valence-corrected chi connectivity index (χ3v) is 3.23. The highest BCUT2D eigenvalue weighted by Crippen LogP contribution is 2.17. The van der Waals surface area contributed by atoms with Crippen molar-refractivity contribution in [3.05, 3.63) is 53.3 Å². The molecule has 1 N–H and O–H groups in total. The predicted octanol–water partition coefficient (Wildman–Crippen LogP) is 3.32. The molecule has 1 aromatic heterocycles. The summed E-state index contributed by atoms with van der Waals surface area (Å²) in [6, 6.07) is 9.77. The number of nitrogens with zero attached hydrogens (tertiary/aromatic N) is 1. The van der Waals surface area contributed by atoms with Gasteiger partial charge in [0.25, 0.3) is 5.91 Å². The molecule has 2 rings (SSSR count). The Balaban J connectivity index is 1.84. The maximum Gasteiger partial charge on any atom is 0.338 e. The lowest BCUT2D eigenvalue weighted by Crippen LogP contribution is -2.21. The van der Waals surface area contributed by atoms with E-state index in [9.17, 15) is 9.59 Å². The second-order valence-electron chi connectivity index (χ2n) is 4.84. The number of amides is 1. The van der Waals surface area contributed by atoms with Gasteiger partial charge >= 0.3 is 5.97 Å². The molecule has 0 bridgehead atoms. The molecule has 0 atom stereocenters. The third-order valence-electron chi connectivity index (χ3n) is 2.93. The molecule has 126 valence electrons. The van der Waals surface area contributed by atoms with Gasteiger partial charge in [0.15, 0.2) is 11.8 Å². The number of ether oxygens (including phenoxy) is 2. The number of hydrogen-bond donors (Lipinski definition) is 1. The summed E-state index contributed by atoms with van der Waals surface area (Å²) >= 11 is 5.83. The Morgan fingerprint density at radius 3 is 2.62 bits per heavy atom. The molecule has 0 aliphatic heterocycles. The molecule has 1 heterocycles. The minimum Gasteiger partial charge on any atom is -0.494 e. The smallest absolute Gasteiger partial charge is 0.338 e. The first-order valence-electron chi connectivity index (χ1n) is 7.40. The van der Waals surface area contributed by atoms with Crippen LogP contribution in [-0.2, 0) is 9.53 Å². The number of anilines is 1. The van der Waals surface area contributed by atoms with Crippen molar-refractivity contribution in [1.29, 1.82) is 0 Å². The molecule has 0 saturated heterocycles. The van der Waals surface area contributed by atoms with Crippen LogP contribution in [0, 0.1) is 0 Å². The highest BCUT2D eigenvalue weighted by Gasteiger charge is 2.11. The van der Waals surface area contributed by atoms with Crippen LogP contribution in [0.15, 0.2) is 42.6 Å². The number of aromatic nitrogens is 1. The molecule has 0 fully saturated rings. The van der Waals surface area contributed by atoms with Gasteiger partial charge in [-0.1, -0.05) is 18.5 Å². The van der Waals surface area contributed by atoms with Crippen molar-refractivity contribution in [3.63, 3.8) is 0 Å². The van der Waals surface area contributed by atoms with Crippen LogP contribution < -0.4 is 10.1 Å². The Kier molecular flexibility index (Phi) is 6.57. The minimum atomic E-state index is -0.593. The molecular formula is C17H17ClN2O4. The first-order chi connectivity index (χ1) is 11.6. The van der Waals surface area contributed by atoms with E-state index in [0.29, 0.717) is 23.6 Å². The van der Waals surface area contributed by atoms with E-state index in [0.717, 1.165) is 6.42 Å². The van der Waals surface area contributed by atoms with Gasteiger partial charge < -0.3 is 14.8 Å². The number of pyridine rings is 1. The van der Waals surface area contributed by atoms with Crippen molar-refractivity contribution in [2.75, 3.05) is 18.5 Å².